The first-order chi connectivity index (χ1) is 15.3. The van der Waals surface area contributed by atoms with Crippen LogP contribution in [0.1, 0.15) is 28.2 Å². The molecular weight excluding hydrogens is 376 g/mol. The molecule has 2 unspecified atom stereocenters. The maximum atomic E-state index is 9.82. The van der Waals surface area contributed by atoms with E-state index in [-0.39, 0.29) is 11.8 Å². The van der Waals surface area contributed by atoms with Gasteiger partial charge in [-0.15, -0.1) is 0 Å². The number of hydrogen-bond donors (Lipinski definition) is 1. The molecule has 2 aliphatic rings. The van der Waals surface area contributed by atoms with Gasteiger partial charge in [-0.1, -0.05) is 103 Å². The van der Waals surface area contributed by atoms with Crippen molar-refractivity contribution < 1.29 is 5.11 Å². The fourth-order valence-electron chi connectivity index (χ4n) is 5.18. The van der Waals surface area contributed by atoms with Gasteiger partial charge >= 0.3 is 0 Å². The molecule has 0 amide bonds. The molecular formula is C30H22O. The highest BCUT2D eigenvalue weighted by Gasteiger charge is 2.35. The zero-order chi connectivity index (χ0) is 20.8. The van der Waals surface area contributed by atoms with Crippen LogP contribution in [0.15, 0.2) is 121 Å². The summed E-state index contributed by atoms with van der Waals surface area (Å²) in [5.41, 5.74) is 7.72. The summed E-state index contributed by atoms with van der Waals surface area (Å²) in [5, 5.41) is 12.4. The molecule has 2 atom stereocenters. The highest BCUT2D eigenvalue weighted by molar-refractivity contribution is 5.89. The lowest BCUT2D eigenvalue weighted by Gasteiger charge is -2.37. The van der Waals surface area contributed by atoms with E-state index in [0.29, 0.717) is 5.75 Å². The van der Waals surface area contributed by atoms with Gasteiger partial charge in [0, 0.05) is 11.8 Å². The zero-order valence-corrected chi connectivity index (χ0v) is 17.1. The smallest absolute Gasteiger partial charge is 0.115 e. The predicted octanol–water partition coefficient (Wildman–Crippen LogP) is 7.24. The molecule has 1 nitrogen and oxygen atoms in total. The third-order valence-electron chi connectivity index (χ3n) is 6.57. The molecule has 0 spiro atoms. The van der Waals surface area contributed by atoms with E-state index >= 15 is 0 Å². The molecule has 1 heteroatoms. The Bertz CT molecular complexity index is 1390. The molecule has 0 radical (unpaired) electrons. The van der Waals surface area contributed by atoms with Crippen molar-refractivity contribution in [2.45, 2.75) is 5.92 Å². The van der Waals surface area contributed by atoms with E-state index in [4.69, 9.17) is 0 Å². The van der Waals surface area contributed by atoms with Crippen molar-refractivity contribution in [2.75, 3.05) is 0 Å². The molecule has 0 saturated carbocycles. The average Bonchev–Trinajstić information content (AvgIpc) is 2.83. The van der Waals surface area contributed by atoms with Crippen molar-refractivity contribution in [1.29, 1.82) is 0 Å². The highest BCUT2D eigenvalue weighted by Crippen LogP contribution is 2.50. The van der Waals surface area contributed by atoms with E-state index in [2.05, 4.69) is 91.0 Å². The van der Waals surface area contributed by atoms with E-state index in [9.17, 15) is 5.11 Å². The average molecular weight is 399 g/mol. The van der Waals surface area contributed by atoms with Crippen molar-refractivity contribution in [1.82, 2.24) is 0 Å². The minimum Gasteiger partial charge on any atom is -0.508 e. The molecule has 6 rings (SSSR count). The predicted molar refractivity (Wildman–Crippen MR) is 128 cm³/mol. The van der Waals surface area contributed by atoms with E-state index < -0.39 is 0 Å². The number of phenols is 1. The number of benzene rings is 4. The highest BCUT2D eigenvalue weighted by atomic mass is 16.3. The standard InChI is InChI=1S/C30H22O/c31-24-17-15-21(16-18-24)29-25-9-3-5-11-27(25)30(28-12-6-4-10-26(28)29)23-14-13-20-7-1-2-8-22(20)19-23/h1-19,27,30-31H. The Kier molecular flexibility index (Phi) is 4.14. The van der Waals surface area contributed by atoms with Gasteiger partial charge in [0.1, 0.15) is 5.75 Å². The van der Waals surface area contributed by atoms with Crippen LogP contribution in [0, 0.1) is 5.92 Å². The van der Waals surface area contributed by atoms with Crippen LogP contribution < -0.4 is 0 Å². The molecule has 2 aliphatic carbocycles. The van der Waals surface area contributed by atoms with Crippen LogP contribution in [0.5, 0.6) is 5.75 Å². The number of hydrogen-bond acceptors (Lipinski definition) is 1. The molecule has 31 heavy (non-hydrogen) atoms. The van der Waals surface area contributed by atoms with Crippen molar-refractivity contribution >= 4 is 16.3 Å². The largest absolute Gasteiger partial charge is 0.508 e. The molecule has 1 N–H and O–H groups in total. The fraction of sp³-hybridized carbons (Fsp3) is 0.0667. The second-order valence-corrected chi connectivity index (χ2v) is 8.32. The lowest BCUT2D eigenvalue weighted by Crippen LogP contribution is -2.22. The minimum atomic E-state index is 0.262. The second-order valence-electron chi connectivity index (χ2n) is 8.32. The van der Waals surface area contributed by atoms with Crippen molar-refractivity contribution in [2.24, 2.45) is 5.92 Å². The van der Waals surface area contributed by atoms with Gasteiger partial charge < -0.3 is 5.11 Å². The van der Waals surface area contributed by atoms with Crippen LogP contribution >= 0.6 is 0 Å². The Labute approximate surface area is 182 Å². The summed E-state index contributed by atoms with van der Waals surface area (Å²) in [6, 6.07) is 31.8. The van der Waals surface area contributed by atoms with E-state index in [1.165, 1.54) is 38.6 Å². The third-order valence-corrected chi connectivity index (χ3v) is 6.57. The van der Waals surface area contributed by atoms with Gasteiger partial charge in [-0.05, 0) is 56.3 Å². The summed E-state index contributed by atoms with van der Waals surface area (Å²) in [7, 11) is 0. The summed E-state index contributed by atoms with van der Waals surface area (Å²) < 4.78 is 0. The first kappa shape index (κ1) is 18.0. The fourth-order valence-corrected chi connectivity index (χ4v) is 5.18. The van der Waals surface area contributed by atoms with Crippen LogP contribution in [0.25, 0.3) is 16.3 Å². The Hall–Kier alpha value is -3.84. The quantitative estimate of drug-likeness (QED) is 0.377. The molecule has 4 aromatic rings. The van der Waals surface area contributed by atoms with Crippen molar-refractivity contribution in [3.05, 3.63) is 143 Å². The monoisotopic (exact) mass is 398 g/mol. The van der Waals surface area contributed by atoms with Gasteiger partial charge in [-0.3, -0.25) is 0 Å². The Balaban J connectivity index is 1.60. The topological polar surface area (TPSA) is 20.2 Å². The summed E-state index contributed by atoms with van der Waals surface area (Å²) in [6.45, 7) is 0. The van der Waals surface area contributed by atoms with Gasteiger partial charge in [0.2, 0.25) is 0 Å². The number of phenolic OH excluding ortho intramolecular Hbond substituents is 1. The molecule has 148 valence electrons. The second kappa shape index (κ2) is 7.14. The van der Waals surface area contributed by atoms with E-state index in [0.717, 1.165) is 5.56 Å². The van der Waals surface area contributed by atoms with Gasteiger partial charge in [-0.2, -0.15) is 0 Å². The van der Waals surface area contributed by atoms with Crippen LogP contribution in [0.2, 0.25) is 0 Å². The molecule has 0 saturated heterocycles. The van der Waals surface area contributed by atoms with E-state index in [1.807, 2.05) is 12.1 Å². The van der Waals surface area contributed by atoms with Crippen molar-refractivity contribution in [3.63, 3.8) is 0 Å². The van der Waals surface area contributed by atoms with Crippen molar-refractivity contribution in [3.8, 4) is 5.75 Å². The molecule has 4 aromatic carbocycles. The zero-order valence-electron chi connectivity index (χ0n) is 17.1. The lowest BCUT2D eigenvalue weighted by molar-refractivity contribution is 0.475. The first-order valence-corrected chi connectivity index (χ1v) is 10.8. The molecule has 0 aromatic heterocycles. The Morgan fingerprint density at radius 3 is 2.32 bits per heavy atom. The van der Waals surface area contributed by atoms with Crippen LogP contribution in [-0.2, 0) is 0 Å². The molecule has 0 bridgehead atoms. The Morgan fingerprint density at radius 1 is 0.677 bits per heavy atom. The van der Waals surface area contributed by atoms with E-state index in [1.54, 1.807) is 12.1 Å². The maximum absolute atomic E-state index is 9.82. The maximum Gasteiger partial charge on any atom is 0.115 e. The van der Waals surface area contributed by atoms with Gasteiger partial charge in [-0.25, -0.2) is 0 Å². The van der Waals surface area contributed by atoms with Crippen LogP contribution in [0.4, 0.5) is 0 Å². The first-order valence-electron chi connectivity index (χ1n) is 10.8. The molecule has 0 fully saturated rings. The van der Waals surface area contributed by atoms with Gasteiger partial charge in [0.05, 0.1) is 0 Å². The molecule has 0 heterocycles. The van der Waals surface area contributed by atoms with Gasteiger partial charge in [0.25, 0.3) is 0 Å². The number of rotatable bonds is 2. The SMILES string of the molecule is Oc1ccc(C2=C3C=CC=CC3C(c3ccc4ccccc4c3)c3ccccc32)cc1. The summed E-state index contributed by atoms with van der Waals surface area (Å²) in [6.07, 6.45) is 8.91. The normalized spacial score (nSPS) is 19.4. The summed E-state index contributed by atoms with van der Waals surface area (Å²) in [4.78, 5) is 0. The van der Waals surface area contributed by atoms with Crippen LogP contribution in [0.3, 0.4) is 0 Å². The van der Waals surface area contributed by atoms with Gasteiger partial charge in [0.15, 0.2) is 0 Å². The number of allylic oxidation sites excluding steroid dienone is 5. The van der Waals surface area contributed by atoms with Crippen LogP contribution in [-0.4, -0.2) is 5.11 Å². The molecule has 0 aliphatic heterocycles. The Morgan fingerprint density at radius 2 is 1.45 bits per heavy atom. The third kappa shape index (κ3) is 2.93. The minimum absolute atomic E-state index is 0.262. The number of fused-ring (bicyclic) bond motifs is 3. The summed E-state index contributed by atoms with van der Waals surface area (Å²) >= 11 is 0. The summed E-state index contributed by atoms with van der Waals surface area (Å²) in [5.74, 6) is 0.825. The number of aromatic hydroxyl groups is 1. The lowest BCUT2D eigenvalue weighted by atomic mass is 9.66.